The second kappa shape index (κ2) is 9.03. The standard InChI is InChI=1S/C20H29NO5/c1-15-7-8-16(2)17(12-15)26-11-5-4-6-18(22)21-10-9-20(13-21,14-25-3)19(23)24/h7-8,12H,4-6,9-11,13-14H2,1-3H3,(H,23,24). The van der Waals surface area contributed by atoms with E-state index in [4.69, 9.17) is 9.47 Å². The van der Waals surface area contributed by atoms with E-state index < -0.39 is 11.4 Å². The van der Waals surface area contributed by atoms with Crippen LogP contribution in [-0.4, -0.2) is 55.3 Å². The second-order valence-electron chi connectivity index (χ2n) is 7.16. The van der Waals surface area contributed by atoms with E-state index in [1.807, 2.05) is 26.0 Å². The molecule has 1 unspecified atom stereocenters. The number of ether oxygens (including phenoxy) is 2. The van der Waals surface area contributed by atoms with Crippen LogP contribution in [0.2, 0.25) is 0 Å². The maximum Gasteiger partial charge on any atom is 0.313 e. The van der Waals surface area contributed by atoms with Crippen molar-refractivity contribution in [3.63, 3.8) is 0 Å². The number of unbranched alkanes of at least 4 members (excludes halogenated alkanes) is 1. The minimum Gasteiger partial charge on any atom is -0.493 e. The van der Waals surface area contributed by atoms with Crippen molar-refractivity contribution in [1.29, 1.82) is 0 Å². The van der Waals surface area contributed by atoms with Gasteiger partial charge in [0.2, 0.25) is 5.91 Å². The number of hydrogen-bond acceptors (Lipinski definition) is 4. The topological polar surface area (TPSA) is 76.1 Å². The first kappa shape index (κ1) is 20.2. The van der Waals surface area contributed by atoms with E-state index >= 15 is 0 Å². The smallest absolute Gasteiger partial charge is 0.313 e. The molecule has 1 N–H and O–H groups in total. The van der Waals surface area contributed by atoms with Crippen LogP contribution in [0.4, 0.5) is 0 Å². The van der Waals surface area contributed by atoms with Crippen molar-refractivity contribution < 1.29 is 24.2 Å². The molecular formula is C20H29NO5. The van der Waals surface area contributed by atoms with E-state index in [0.717, 1.165) is 29.7 Å². The Morgan fingerprint density at radius 2 is 2.04 bits per heavy atom. The molecule has 1 heterocycles. The number of rotatable bonds is 9. The van der Waals surface area contributed by atoms with Crippen LogP contribution in [0.1, 0.15) is 36.8 Å². The summed E-state index contributed by atoms with van der Waals surface area (Å²) in [5.74, 6) is 0.00853. The van der Waals surface area contributed by atoms with Gasteiger partial charge in [-0.3, -0.25) is 9.59 Å². The van der Waals surface area contributed by atoms with Crippen LogP contribution >= 0.6 is 0 Å². The van der Waals surface area contributed by atoms with Crippen molar-refractivity contribution in [3.05, 3.63) is 29.3 Å². The summed E-state index contributed by atoms with van der Waals surface area (Å²) in [6.07, 6.45) is 2.37. The fourth-order valence-corrected chi connectivity index (χ4v) is 3.30. The number of benzene rings is 1. The number of methoxy groups -OCH3 is 1. The van der Waals surface area contributed by atoms with Gasteiger partial charge in [-0.1, -0.05) is 12.1 Å². The van der Waals surface area contributed by atoms with E-state index in [2.05, 4.69) is 6.07 Å². The van der Waals surface area contributed by atoms with Gasteiger partial charge in [0.25, 0.3) is 0 Å². The minimum absolute atomic E-state index is 0.0102. The molecule has 0 radical (unpaired) electrons. The van der Waals surface area contributed by atoms with Crippen molar-refractivity contribution >= 4 is 11.9 Å². The third-order valence-electron chi connectivity index (χ3n) is 4.97. The third kappa shape index (κ3) is 4.97. The molecule has 0 saturated carbocycles. The molecule has 1 aromatic rings. The molecule has 1 aliphatic rings. The van der Waals surface area contributed by atoms with Gasteiger partial charge in [-0.2, -0.15) is 0 Å². The van der Waals surface area contributed by atoms with Gasteiger partial charge in [0.15, 0.2) is 0 Å². The Bertz CT molecular complexity index is 645. The lowest BCUT2D eigenvalue weighted by Crippen LogP contribution is -2.40. The molecule has 0 spiro atoms. The molecule has 0 aliphatic carbocycles. The lowest BCUT2D eigenvalue weighted by molar-refractivity contribution is -0.151. The van der Waals surface area contributed by atoms with Crippen molar-refractivity contribution in [2.45, 2.75) is 39.5 Å². The molecule has 1 aromatic carbocycles. The van der Waals surface area contributed by atoms with Crippen LogP contribution < -0.4 is 4.74 Å². The number of aliphatic carboxylic acids is 1. The van der Waals surface area contributed by atoms with E-state index in [0.29, 0.717) is 26.0 Å². The summed E-state index contributed by atoms with van der Waals surface area (Å²) in [6, 6.07) is 6.11. The molecule has 1 aliphatic heterocycles. The number of carboxylic acids is 1. The van der Waals surface area contributed by atoms with E-state index in [1.54, 1.807) is 4.90 Å². The molecule has 6 heteroatoms. The van der Waals surface area contributed by atoms with Gasteiger partial charge in [-0.05, 0) is 50.3 Å². The number of nitrogens with zero attached hydrogens (tertiary/aromatic N) is 1. The predicted octanol–water partition coefficient (Wildman–Crippen LogP) is 2.80. The SMILES string of the molecule is COCC1(C(=O)O)CCN(C(=O)CCCCOc2cc(C)ccc2C)C1. The Morgan fingerprint density at radius 3 is 2.73 bits per heavy atom. The monoisotopic (exact) mass is 363 g/mol. The van der Waals surface area contributed by atoms with Gasteiger partial charge in [-0.25, -0.2) is 0 Å². The van der Waals surface area contributed by atoms with Crippen molar-refractivity contribution in [2.75, 3.05) is 33.4 Å². The fraction of sp³-hybridized carbons (Fsp3) is 0.600. The maximum absolute atomic E-state index is 12.3. The first-order valence-corrected chi connectivity index (χ1v) is 9.08. The summed E-state index contributed by atoms with van der Waals surface area (Å²) < 4.78 is 10.9. The molecule has 1 fully saturated rings. The van der Waals surface area contributed by atoms with Gasteiger partial charge < -0.3 is 19.5 Å². The number of hydrogen-bond donors (Lipinski definition) is 1. The Kier molecular flexibility index (Phi) is 7.03. The summed E-state index contributed by atoms with van der Waals surface area (Å²) in [7, 11) is 1.49. The van der Waals surface area contributed by atoms with E-state index in [1.165, 1.54) is 7.11 Å². The van der Waals surface area contributed by atoms with Gasteiger partial charge in [0.05, 0.1) is 13.2 Å². The molecule has 26 heavy (non-hydrogen) atoms. The van der Waals surface area contributed by atoms with Crippen LogP contribution in [0, 0.1) is 19.3 Å². The molecule has 1 saturated heterocycles. The number of amides is 1. The van der Waals surface area contributed by atoms with Crippen molar-refractivity contribution in [2.24, 2.45) is 5.41 Å². The number of aryl methyl sites for hydroxylation is 2. The molecule has 1 atom stereocenters. The fourth-order valence-electron chi connectivity index (χ4n) is 3.30. The Morgan fingerprint density at radius 1 is 1.27 bits per heavy atom. The normalized spacial score (nSPS) is 19.6. The maximum atomic E-state index is 12.3. The average Bonchev–Trinajstić information content (AvgIpc) is 3.03. The highest BCUT2D eigenvalue weighted by Gasteiger charge is 2.46. The summed E-state index contributed by atoms with van der Waals surface area (Å²) in [5.41, 5.74) is 1.30. The van der Waals surface area contributed by atoms with Crippen molar-refractivity contribution in [3.8, 4) is 5.75 Å². The van der Waals surface area contributed by atoms with Crippen LogP contribution in [0.15, 0.2) is 18.2 Å². The largest absolute Gasteiger partial charge is 0.493 e. The second-order valence-corrected chi connectivity index (χ2v) is 7.16. The average molecular weight is 363 g/mol. The van der Waals surface area contributed by atoms with Crippen LogP contribution in [0.3, 0.4) is 0 Å². The molecule has 1 amide bonds. The highest BCUT2D eigenvalue weighted by atomic mass is 16.5. The van der Waals surface area contributed by atoms with E-state index in [9.17, 15) is 14.7 Å². The van der Waals surface area contributed by atoms with Crippen molar-refractivity contribution in [1.82, 2.24) is 4.90 Å². The van der Waals surface area contributed by atoms with Gasteiger partial charge in [-0.15, -0.1) is 0 Å². The first-order chi connectivity index (χ1) is 12.4. The quantitative estimate of drug-likeness (QED) is 0.683. The summed E-state index contributed by atoms with van der Waals surface area (Å²) in [5, 5.41) is 9.46. The number of carbonyl (C=O) groups excluding carboxylic acids is 1. The van der Waals surface area contributed by atoms with Gasteiger partial charge in [0, 0.05) is 26.6 Å². The van der Waals surface area contributed by atoms with Gasteiger partial charge in [0.1, 0.15) is 11.2 Å². The summed E-state index contributed by atoms with van der Waals surface area (Å²) in [4.78, 5) is 25.5. The molecule has 0 aromatic heterocycles. The highest BCUT2D eigenvalue weighted by Crippen LogP contribution is 2.31. The first-order valence-electron chi connectivity index (χ1n) is 9.08. The van der Waals surface area contributed by atoms with Crippen LogP contribution in [-0.2, 0) is 14.3 Å². The predicted molar refractivity (Wildman–Crippen MR) is 98.4 cm³/mol. The number of carbonyl (C=O) groups is 2. The lowest BCUT2D eigenvalue weighted by atomic mass is 9.88. The molecule has 144 valence electrons. The van der Waals surface area contributed by atoms with E-state index in [-0.39, 0.29) is 19.1 Å². The minimum atomic E-state index is -0.962. The zero-order chi connectivity index (χ0) is 19.2. The zero-order valence-corrected chi connectivity index (χ0v) is 15.9. The molecule has 0 bridgehead atoms. The van der Waals surface area contributed by atoms with Crippen LogP contribution in [0.25, 0.3) is 0 Å². The highest BCUT2D eigenvalue weighted by molar-refractivity contribution is 5.80. The Hall–Kier alpha value is -2.08. The number of likely N-dealkylation sites (tertiary alicyclic amines) is 1. The number of carboxylic acid groups (broad SMARTS) is 1. The Labute approximate surface area is 155 Å². The molecule has 6 nitrogen and oxygen atoms in total. The van der Waals surface area contributed by atoms with Gasteiger partial charge >= 0.3 is 5.97 Å². The van der Waals surface area contributed by atoms with Crippen LogP contribution in [0.5, 0.6) is 5.75 Å². The zero-order valence-electron chi connectivity index (χ0n) is 15.9. The molecular weight excluding hydrogens is 334 g/mol. The third-order valence-corrected chi connectivity index (χ3v) is 4.97. The summed E-state index contributed by atoms with van der Waals surface area (Å²) >= 11 is 0. The lowest BCUT2D eigenvalue weighted by Gasteiger charge is -2.23. The molecule has 2 rings (SSSR count). The Balaban J connectivity index is 1.72. The summed E-state index contributed by atoms with van der Waals surface area (Å²) in [6.45, 7) is 5.46.